The van der Waals surface area contributed by atoms with Gasteiger partial charge in [0.1, 0.15) is 5.56 Å². The Morgan fingerprint density at radius 3 is 2.71 bits per heavy atom. The molecular weight excluding hydrogens is 304 g/mol. The Kier molecular flexibility index (Phi) is 4.86. The first-order valence-electron chi connectivity index (χ1n) is 7.73. The predicted molar refractivity (Wildman–Crippen MR) is 90.1 cm³/mol. The maximum Gasteiger partial charge on any atom is 0.258 e. The maximum atomic E-state index is 12.5. The molecule has 6 heteroatoms. The fraction of sp³-hybridized carbons (Fsp3) is 0.167. The van der Waals surface area contributed by atoms with Crippen molar-refractivity contribution in [1.82, 2.24) is 20.1 Å². The topological polar surface area (TPSA) is 69.0 Å². The van der Waals surface area contributed by atoms with E-state index >= 15 is 0 Å². The van der Waals surface area contributed by atoms with E-state index in [2.05, 4.69) is 15.4 Å². The summed E-state index contributed by atoms with van der Waals surface area (Å²) in [4.78, 5) is 16.5. The van der Waals surface area contributed by atoms with E-state index in [-0.39, 0.29) is 5.91 Å². The lowest BCUT2D eigenvalue weighted by Crippen LogP contribution is -2.23. The highest BCUT2D eigenvalue weighted by atomic mass is 16.5. The second kappa shape index (κ2) is 7.41. The monoisotopic (exact) mass is 322 g/mol. The Morgan fingerprint density at radius 2 is 2.00 bits per heavy atom. The molecule has 0 spiro atoms. The lowest BCUT2D eigenvalue weighted by atomic mass is 10.2. The molecule has 2 aromatic heterocycles. The fourth-order valence-electron chi connectivity index (χ4n) is 2.30. The highest BCUT2D eigenvalue weighted by Gasteiger charge is 2.19. The SMILES string of the molecule is CCOc1c(C(=O)NCc2cccnc2)cnn1-c1ccccc1. The van der Waals surface area contributed by atoms with Crippen molar-refractivity contribution >= 4 is 5.91 Å². The van der Waals surface area contributed by atoms with Crippen molar-refractivity contribution in [3.8, 4) is 11.6 Å². The third kappa shape index (κ3) is 3.43. The highest BCUT2D eigenvalue weighted by molar-refractivity contribution is 5.96. The number of carbonyl (C=O) groups excluding carboxylic acids is 1. The van der Waals surface area contributed by atoms with Crippen molar-refractivity contribution in [1.29, 1.82) is 0 Å². The van der Waals surface area contributed by atoms with Gasteiger partial charge in [0.15, 0.2) is 0 Å². The van der Waals surface area contributed by atoms with Crippen LogP contribution in [0.4, 0.5) is 0 Å². The van der Waals surface area contributed by atoms with E-state index < -0.39 is 0 Å². The van der Waals surface area contributed by atoms with Gasteiger partial charge >= 0.3 is 0 Å². The lowest BCUT2D eigenvalue weighted by molar-refractivity contribution is 0.0947. The largest absolute Gasteiger partial charge is 0.477 e. The zero-order valence-electron chi connectivity index (χ0n) is 13.3. The molecular formula is C18H18N4O2. The second-order valence-electron chi connectivity index (χ2n) is 5.09. The number of hydrogen-bond acceptors (Lipinski definition) is 4. The molecule has 0 bridgehead atoms. The van der Waals surface area contributed by atoms with Crippen LogP contribution in [0.3, 0.4) is 0 Å². The molecule has 24 heavy (non-hydrogen) atoms. The quantitative estimate of drug-likeness (QED) is 0.757. The van der Waals surface area contributed by atoms with E-state index in [9.17, 15) is 4.79 Å². The third-order valence-corrected chi connectivity index (χ3v) is 3.43. The summed E-state index contributed by atoms with van der Waals surface area (Å²) in [6.45, 7) is 2.72. The number of hydrogen-bond donors (Lipinski definition) is 1. The number of pyridine rings is 1. The minimum absolute atomic E-state index is 0.232. The average molecular weight is 322 g/mol. The van der Waals surface area contributed by atoms with Gasteiger partial charge in [0.05, 0.1) is 18.5 Å². The molecule has 1 amide bonds. The van der Waals surface area contributed by atoms with Crippen LogP contribution >= 0.6 is 0 Å². The molecule has 1 aromatic carbocycles. The summed E-state index contributed by atoms with van der Waals surface area (Å²) in [5.41, 5.74) is 2.18. The molecule has 0 saturated heterocycles. The molecule has 0 aliphatic rings. The number of nitrogens with zero attached hydrogens (tertiary/aromatic N) is 3. The van der Waals surface area contributed by atoms with Gasteiger partial charge < -0.3 is 10.1 Å². The van der Waals surface area contributed by atoms with Gasteiger partial charge in [0.2, 0.25) is 5.88 Å². The Balaban J connectivity index is 1.82. The van der Waals surface area contributed by atoms with Crippen molar-refractivity contribution in [3.63, 3.8) is 0 Å². The minimum atomic E-state index is -0.232. The smallest absolute Gasteiger partial charge is 0.258 e. The van der Waals surface area contributed by atoms with E-state index in [0.29, 0.717) is 24.6 Å². The lowest BCUT2D eigenvalue weighted by Gasteiger charge is -2.10. The molecule has 122 valence electrons. The third-order valence-electron chi connectivity index (χ3n) is 3.43. The van der Waals surface area contributed by atoms with Crippen LogP contribution in [0.15, 0.2) is 61.1 Å². The molecule has 0 aliphatic carbocycles. The summed E-state index contributed by atoms with van der Waals surface area (Å²) in [6.07, 6.45) is 4.94. The first kappa shape index (κ1) is 15.7. The molecule has 1 N–H and O–H groups in total. The molecule has 0 fully saturated rings. The second-order valence-corrected chi connectivity index (χ2v) is 5.09. The van der Waals surface area contributed by atoms with Crippen molar-refractivity contribution in [2.45, 2.75) is 13.5 Å². The van der Waals surface area contributed by atoms with Crippen molar-refractivity contribution in [2.75, 3.05) is 6.61 Å². The van der Waals surface area contributed by atoms with Gasteiger partial charge in [-0.2, -0.15) is 5.10 Å². The van der Waals surface area contributed by atoms with Crippen LogP contribution in [0.25, 0.3) is 5.69 Å². The standard InChI is InChI=1S/C18H18N4O2/c1-2-24-18-16(13-21-22(18)15-8-4-3-5-9-15)17(23)20-12-14-7-6-10-19-11-14/h3-11,13H,2,12H2,1H3,(H,20,23). The summed E-state index contributed by atoms with van der Waals surface area (Å²) in [7, 11) is 0. The van der Waals surface area contributed by atoms with E-state index in [1.165, 1.54) is 6.20 Å². The normalized spacial score (nSPS) is 10.4. The van der Waals surface area contributed by atoms with Crippen LogP contribution in [0, 0.1) is 0 Å². The van der Waals surface area contributed by atoms with E-state index in [1.54, 1.807) is 17.1 Å². The molecule has 3 rings (SSSR count). The summed E-state index contributed by atoms with van der Waals surface area (Å²) in [5, 5.41) is 7.17. The Hall–Kier alpha value is -3.15. The summed E-state index contributed by atoms with van der Waals surface area (Å²) in [6, 6.07) is 13.3. The highest BCUT2D eigenvalue weighted by Crippen LogP contribution is 2.22. The Labute approximate surface area is 140 Å². The van der Waals surface area contributed by atoms with E-state index in [4.69, 9.17) is 4.74 Å². The predicted octanol–water partition coefficient (Wildman–Crippen LogP) is 2.60. The zero-order valence-corrected chi connectivity index (χ0v) is 13.3. The first-order valence-corrected chi connectivity index (χ1v) is 7.73. The van der Waals surface area contributed by atoms with Crippen LogP contribution in [0.1, 0.15) is 22.8 Å². The molecule has 0 unspecified atom stereocenters. The Morgan fingerprint density at radius 1 is 1.17 bits per heavy atom. The van der Waals surface area contributed by atoms with Crippen LogP contribution in [0.5, 0.6) is 5.88 Å². The molecule has 0 radical (unpaired) electrons. The number of aromatic nitrogens is 3. The minimum Gasteiger partial charge on any atom is -0.477 e. The molecule has 3 aromatic rings. The molecule has 0 aliphatic heterocycles. The van der Waals surface area contributed by atoms with E-state index in [0.717, 1.165) is 11.3 Å². The van der Waals surface area contributed by atoms with Crippen LogP contribution in [-0.2, 0) is 6.54 Å². The number of rotatable bonds is 6. The number of carbonyl (C=O) groups is 1. The molecule has 0 saturated carbocycles. The summed E-state index contributed by atoms with van der Waals surface area (Å²) >= 11 is 0. The summed E-state index contributed by atoms with van der Waals surface area (Å²) in [5.74, 6) is 0.205. The summed E-state index contributed by atoms with van der Waals surface area (Å²) < 4.78 is 7.29. The van der Waals surface area contributed by atoms with Gasteiger partial charge in [-0.3, -0.25) is 9.78 Å². The van der Waals surface area contributed by atoms with Gasteiger partial charge in [-0.25, -0.2) is 4.68 Å². The maximum absolute atomic E-state index is 12.5. The average Bonchev–Trinajstić information content (AvgIpc) is 3.05. The van der Waals surface area contributed by atoms with Gasteiger partial charge in [-0.15, -0.1) is 0 Å². The van der Waals surface area contributed by atoms with Crippen LogP contribution in [0.2, 0.25) is 0 Å². The number of benzene rings is 1. The number of ether oxygens (including phenoxy) is 1. The number of amides is 1. The molecule has 2 heterocycles. The van der Waals surface area contributed by atoms with Crippen molar-refractivity contribution in [3.05, 3.63) is 72.2 Å². The zero-order chi connectivity index (χ0) is 16.8. The van der Waals surface area contributed by atoms with Crippen LogP contribution < -0.4 is 10.1 Å². The van der Waals surface area contributed by atoms with Gasteiger partial charge in [-0.1, -0.05) is 24.3 Å². The van der Waals surface area contributed by atoms with Gasteiger partial charge in [0, 0.05) is 18.9 Å². The number of nitrogens with one attached hydrogen (secondary N) is 1. The number of para-hydroxylation sites is 1. The van der Waals surface area contributed by atoms with Gasteiger partial charge in [-0.05, 0) is 30.7 Å². The van der Waals surface area contributed by atoms with E-state index in [1.807, 2.05) is 49.4 Å². The van der Waals surface area contributed by atoms with Crippen LogP contribution in [-0.4, -0.2) is 27.3 Å². The fourth-order valence-corrected chi connectivity index (χ4v) is 2.30. The molecule has 6 nitrogen and oxygen atoms in total. The van der Waals surface area contributed by atoms with Crippen molar-refractivity contribution in [2.24, 2.45) is 0 Å². The van der Waals surface area contributed by atoms with Gasteiger partial charge in [0.25, 0.3) is 5.91 Å². The van der Waals surface area contributed by atoms with Crippen molar-refractivity contribution < 1.29 is 9.53 Å². The first-order chi connectivity index (χ1) is 11.8. The molecule has 0 atom stereocenters. The Bertz CT molecular complexity index is 800.